The summed E-state index contributed by atoms with van der Waals surface area (Å²) in [5.41, 5.74) is 1.64. The third-order valence-corrected chi connectivity index (χ3v) is 6.07. The van der Waals surface area contributed by atoms with Crippen LogP contribution in [-0.4, -0.2) is 54.8 Å². The molecule has 8 heteroatoms. The number of nitrogens with one attached hydrogen (secondary N) is 3. The second-order valence-electron chi connectivity index (χ2n) is 8.08. The van der Waals surface area contributed by atoms with Gasteiger partial charge in [0.15, 0.2) is 0 Å². The van der Waals surface area contributed by atoms with Crippen molar-refractivity contribution in [3.63, 3.8) is 0 Å². The number of nitrogens with zero attached hydrogens (tertiary/aromatic N) is 1. The number of hydrogen-bond acceptors (Lipinski definition) is 4. The van der Waals surface area contributed by atoms with Crippen LogP contribution in [-0.2, 0) is 14.4 Å². The molecule has 2 fully saturated rings. The molecule has 1 aromatic carbocycles. The Morgan fingerprint density at radius 3 is 2.79 bits per heavy atom. The van der Waals surface area contributed by atoms with Gasteiger partial charge in [-0.25, -0.2) is 0 Å². The van der Waals surface area contributed by atoms with E-state index in [-0.39, 0.29) is 48.5 Å². The number of piperidine rings is 1. The Kier molecular flexibility index (Phi) is 7.14. The van der Waals surface area contributed by atoms with Gasteiger partial charge in [-0.15, -0.1) is 12.4 Å². The highest BCUT2D eigenvalue weighted by atomic mass is 35.5. The Labute approximate surface area is 177 Å². The minimum atomic E-state index is -0.416. The molecule has 0 radical (unpaired) electrons. The number of rotatable bonds is 4. The molecule has 0 spiro atoms. The topological polar surface area (TPSA) is 90.5 Å². The Bertz CT molecular complexity index is 766. The maximum atomic E-state index is 13.2. The largest absolute Gasteiger partial charge is 0.354 e. The van der Waals surface area contributed by atoms with E-state index >= 15 is 0 Å². The van der Waals surface area contributed by atoms with Gasteiger partial charge in [0.2, 0.25) is 17.7 Å². The molecule has 0 bridgehead atoms. The molecule has 1 aromatic rings. The summed E-state index contributed by atoms with van der Waals surface area (Å²) in [5.74, 6) is -0.173. The van der Waals surface area contributed by atoms with Gasteiger partial charge in [0.1, 0.15) is 0 Å². The highest BCUT2D eigenvalue weighted by molar-refractivity contribution is 6.01. The first kappa shape index (κ1) is 21.6. The molecule has 29 heavy (non-hydrogen) atoms. The minimum absolute atomic E-state index is 0. The van der Waals surface area contributed by atoms with Crippen LogP contribution in [0.2, 0.25) is 0 Å². The van der Waals surface area contributed by atoms with Crippen molar-refractivity contribution in [2.75, 3.05) is 31.5 Å². The smallest absolute Gasteiger partial charge is 0.237 e. The SMILES string of the molecule is Cl.O=C1CC(C(=O)N2CCCC(CNC(=O)C3CCCN3)C2)c2ccccc2N1. The summed E-state index contributed by atoms with van der Waals surface area (Å²) in [6.07, 6.45) is 4.06. The molecule has 3 atom stereocenters. The average Bonchev–Trinajstić information content (AvgIpc) is 3.26. The molecule has 158 valence electrons. The van der Waals surface area contributed by atoms with Crippen molar-refractivity contribution in [3.05, 3.63) is 29.8 Å². The average molecular weight is 421 g/mol. The zero-order valence-electron chi connectivity index (χ0n) is 16.5. The van der Waals surface area contributed by atoms with E-state index in [2.05, 4.69) is 16.0 Å². The molecule has 0 aromatic heterocycles. The number of carbonyl (C=O) groups is 3. The summed E-state index contributed by atoms with van der Waals surface area (Å²) in [4.78, 5) is 39.4. The fourth-order valence-electron chi connectivity index (χ4n) is 4.56. The van der Waals surface area contributed by atoms with Gasteiger partial charge in [-0.05, 0) is 49.8 Å². The van der Waals surface area contributed by atoms with Crippen LogP contribution in [0.25, 0.3) is 0 Å². The van der Waals surface area contributed by atoms with Crippen molar-refractivity contribution in [2.24, 2.45) is 5.92 Å². The highest BCUT2D eigenvalue weighted by Gasteiger charge is 2.35. The molecule has 3 unspecified atom stereocenters. The second kappa shape index (κ2) is 9.59. The Morgan fingerprint density at radius 2 is 2.00 bits per heavy atom. The first-order chi connectivity index (χ1) is 13.6. The van der Waals surface area contributed by atoms with Gasteiger partial charge in [0.05, 0.1) is 12.0 Å². The molecular formula is C21H29ClN4O3. The van der Waals surface area contributed by atoms with Crippen LogP contribution in [0.1, 0.15) is 43.6 Å². The van der Waals surface area contributed by atoms with Crippen LogP contribution in [0.4, 0.5) is 5.69 Å². The lowest BCUT2D eigenvalue weighted by Gasteiger charge is -2.36. The molecule has 4 rings (SSSR count). The van der Waals surface area contributed by atoms with E-state index in [4.69, 9.17) is 0 Å². The zero-order chi connectivity index (χ0) is 19.5. The summed E-state index contributed by atoms with van der Waals surface area (Å²) >= 11 is 0. The maximum absolute atomic E-state index is 13.2. The van der Waals surface area contributed by atoms with Gasteiger partial charge in [-0.2, -0.15) is 0 Å². The Morgan fingerprint density at radius 1 is 1.17 bits per heavy atom. The van der Waals surface area contributed by atoms with Crippen LogP contribution in [0.15, 0.2) is 24.3 Å². The van der Waals surface area contributed by atoms with Gasteiger partial charge in [-0.1, -0.05) is 18.2 Å². The molecule has 3 aliphatic heterocycles. The number of amides is 3. The Hall–Kier alpha value is -2.12. The van der Waals surface area contributed by atoms with Crippen LogP contribution in [0.3, 0.4) is 0 Å². The first-order valence-electron chi connectivity index (χ1n) is 10.3. The molecule has 2 saturated heterocycles. The number of benzene rings is 1. The molecule has 3 aliphatic rings. The molecule has 7 nitrogen and oxygen atoms in total. The molecule has 3 amide bonds. The van der Waals surface area contributed by atoms with Crippen LogP contribution in [0, 0.1) is 5.92 Å². The normalized spacial score (nSPS) is 26.1. The predicted octanol–water partition coefficient (Wildman–Crippen LogP) is 1.64. The summed E-state index contributed by atoms with van der Waals surface area (Å²) in [6.45, 7) is 2.86. The fourth-order valence-corrected chi connectivity index (χ4v) is 4.56. The molecule has 3 N–H and O–H groups in total. The molecule has 3 heterocycles. The van der Waals surface area contributed by atoms with Crippen molar-refractivity contribution < 1.29 is 14.4 Å². The number of fused-ring (bicyclic) bond motifs is 1. The molecular weight excluding hydrogens is 392 g/mol. The summed E-state index contributed by atoms with van der Waals surface area (Å²) < 4.78 is 0. The summed E-state index contributed by atoms with van der Waals surface area (Å²) in [6, 6.07) is 7.47. The van der Waals surface area contributed by atoms with E-state index in [0.717, 1.165) is 43.5 Å². The number of hydrogen-bond donors (Lipinski definition) is 3. The standard InChI is InChI=1S/C21H28N4O3.ClH/c26-19-11-16(15-6-1-2-7-17(15)24-19)21(28)25-10-4-5-14(13-25)12-23-20(27)18-8-3-9-22-18;/h1-2,6-7,14,16,18,22H,3-5,8-13H2,(H,23,27)(H,24,26);1H. The third-order valence-electron chi connectivity index (χ3n) is 6.07. The van der Waals surface area contributed by atoms with E-state index in [1.165, 1.54) is 0 Å². The third kappa shape index (κ3) is 4.90. The lowest BCUT2D eigenvalue weighted by molar-refractivity contribution is -0.136. The van der Waals surface area contributed by atoms with Crippen molar-refractivity contribution in [1.82, 2.24) is 15.5 Å². The first-order valence-corrected chi connectivity index (χ1v) is 10.3. The van der Waals surface area contributed by atoms with Gasteiger partial charge >= 0.3 is 0 Å². The summed E-state index contributed by atoms with van der Waals surface area (Å²) in [7, 11) is 0. The van der Waals surface area contributed by atoms with Gasteiger partial charge in [0.25, 0.3) is 0 Å². The van der Waals surface area contributed by atoms with Crippen molar-refractivity contribution >= 4 is 35.8 Å². The molecule has 0 aliphatic carbocycles. The zero-order valence-corrected chi connectivity index (χ0v) is 17.3. The van der Waals surface area contributed by atoms with E-state index in [0.29, 0.717) is 19.6 Å². The van der Waals surface area contributed by atoms with Crippen molar-refractivity contribution in [3.8, 4) is 0 Å². The van der Waals surface area contributed by atoms with Crippen LogP contribution >= 0.6 is 12.4 Å². The van der Waals surface area contributed by atoms with Crippen molar-refractivity contribution in [2.45, 2.75) is 44.1 Å². The fraction of sp³-hybridized carbons (Fsp3) is 0.571. The number of para-hydroxylation sites is 1. The lowest BCUT2D eigenvalue weighted by Crippen LogP contribution is -2.48. The van der Waals surface area contributed by atoms with Crippen molar-refractivity contribution in [1.29, 1.82) is 0 Å². The number of halogens is 1. The van der Waals surface area contributed by atoms with Gasteiger partial charge < -0.3 is 20.9 Å². The predicted molar refractivity (Wildman–Crippen MR) is 113 cm³/mol. The van der Waals surface area contributed by atoms with Crippen LogP contribution in [0.5, 0.6) is 0 Å². The van der Waals surface area contributed by atoms with Gasteiger partial charge in [0, 0.05) is 31.7 Å². The van der Waals surface area contributed by atoms with E-state index in [1.54, 1.807) is 0 Å². The number of anilines is 1. The quantitative estimate of drug-likeness (QED) is 0.690. The number of likely N-dealkylation sites (tertiary alicyclic amines) is 1. The highest BCUT2D eigenvalue weighted by Crippen LogP contribution is 2.34. The Balaban J connectivity index is 0.00000240. The van der Waals surface area contributed by atoms with E-state index in [1.807, 2.05) is 29.2 Å². The van der Waals surface area contributed by atoms with E-state index in [9.17, 15) is 14.4 Å². The lowest BCUT2D eigenvalue weighted by atomic mass is 9.88. The maximum Gasteiger partial charge on any atom is 0.237 e. The van der Waals surface area contributed by atoms with E-state index < -0.39 is 5.92 Å². The molecule has 0 saturated carbocycles. The summed E-state index contributed by atoms with van der Waals surface area (Å²) in [5, 5.41) is 9.12. The van der Waals surface area contributed by atoms with Gasteiger partial charge in [-0.3, -0.25) is 14.4 Å². The number of carbonyl (C=O) groups excluding carboxylic acids is 3. The second-order valence-corrected chi connectivity index (χ2v) is 8.08. The monoisotopic (exact) mass is 420 g/mol. The minimum Gasteiger partial charge on any atom is -0.354 e. The van der Waals surface area contributed by atoms with Crippen LogP contribution < -0.4 is 16.0 Å².